The Balaban J connectivity index is 2.04. The van der Waals surface area contributed by atoms with Gasteiger partial charge in [0.15, 0.2) is 0 Å². The molecule has 2 rings (SSSR count). The van der Waals surface area contributed by atoms with Crippen molar-refractivity contribution in [3.63, 3.8) is 0 Å². The molecule has 0 spiro atoms. The van der Waals surface area contributed by atoms with Crippen molar-refractivity contribution in [3.8, 4) is 0 Å². The molecular weight excluding hydrogens is 229 g/mol. The summed E-state index contributed by atoms with van der Waals surface area (Å²) < 4.78 is 13.7. The summed E-state index contributed by atoms with van der Waals surface area (Å²) in [6, 6.07) is 8.89. The summed E-state index contributed by atoms with van der Waals surface area (Å²) in [6.45, 7) is 2.74. The van der Waals surface area contributed by atoms with E-state index in [1.165, 1.54) is 6.07 Å². The van der Waals surface area contributed by atoms with Crippen LogP contribution in [0, 0.1) is 12.7 Å². The molecule has 1 aromatic heterocycles. The van der Waals surface area contributed by atoms with Crippen molar-refractivity contribution >= 4 is 5.82 Å². The highest BCUT2D eigenvalue weighted by Gasteiger charge is 2.03. The van der Waals surface area contributed by atoms with Gasteiger partial charge in [-0.25, -0.2) is 9.37 Å². The molecule has 0 radical (unpaired) electrons. The molecule has 94 valence electrons. The predicted molar refractivity (Wildman–Crippen MR) is 70.6 cm³/mol. The number of halogens is 1. The van der Waals surface area contributed by atoms with Crippen LogP contribution in [-0.2, 0) is 13.1 Å². The zero-order chi connectivity index (χ0) is 13.0. The minimum atomic E-state index is -0.238. The van der Waals surface area contributed by atoms with Gasteiger partial charge in [0, 0.05) is 24.8 Å². The quantitative estimate of drug-likeness (QED) is 0.870. The molecule has 3 nitrogen and oxygen atoms in total. The Bertz CT molecular complexity index is 523. The molecule has 0 bridgehead atoms. The Morgan fingerprint density at radius 3 is 2.72 bits per heavy atom. The maximum absolute atomic E-state index is 13.7. The third-order valence-electron chi connectivity index (χ3n) is 2.72. The van der Waals surface area contributed by atoms with Crippen molar-refractivity contribution in [2.75, 3.05) is 5.32 Å². The molecule has 0 aliphatic carbocycles. The van der Waals surface area contributed by atoms with Crippen LogP contribution in [0.15, 0.2) is 36.5 Å². The Morgan fingerprint density at radius 2 is 2.11 bits per heavy atom. The molecule has 0 aliphatic rings. The first-order chi connectivity index (χ1) is 8.69. The molecule has 18 heavy (non-hydrogen) atoms. The molecule has 2 aromatic rings. The second-order valence-corrected chi connectivity index (χ2v) is 4.20. The molecule has 0 amide bonds. The largest absolute Gasteiger partial charge is 0.366 e. The zero-order valence-electron chi connectivity index (χ0n) is 10.3. The second-order valence-electron chi connectivity index (χ2n) is 4.20. The minimum Gasteiger partial charge on any atom is -0.366 e. The lowest BCUT2D eigenvalue weighted by atomic mass is 10.1. The van der Waals surface area contributed by atoms with Crippen molar-refractivity contribution in [2.45, 2.75) is 20.0 Å². The average molecular weight is 245 g/mol. The molecule has 0 saturated heterocycles. The fraction of sp³-hybridized carbons (Fsp3) is 0.214. The molecule has 0 fully saturated rings. The summed E-state index contributed by atoms with van der Waals surface area (Å²) in [7, 11) is 0. The number of aryl methyl sites for hydroxylation is 1. The molecule has 3 N–H and O–H groups in total. The highest BCUT2D eigenvalue weighted by atomic mass is 19.1. The Morgan fingerprint density at radius 1 is 1.28 bits per heavy atom. The van der Waals surface area contributed by atoms with Gasteiger partial charge in [0.1, 0.15) is 11.6 Å². The number of pyridine rings is 1. The molecule has 0 atom stereocenters. The summed E-state index contributed by atoms with van der Waals surface area (Å²) >= 11 is 0. The van der Waals surface area contributed by atoms with E-state index in [9.17, 15) is 4.39 Å². The van der Waals surface area contributed by atoms with Crippen molar-refractivity contribution in [1.29, 1.82) is 0 Å². The molecule has 0 saturated carbocycles. The van der Waals surface area contributed by atoms with Crippen molar-refractivity contribution < 1.29 is 4.39 Å². The van der Waals surface area contributed by atoms with Gasteiger partial charge in [0.05, 0.1) is 0 Å². The molecule has 0 aliphatic heterocycles. The summed E-state index contributed by atoms with van der Waals surface area (Å²) in [5.74, 6) is 0.500. The van der Waals surface area contributed by atoms with E-state index < -0.39 is 0 Å². The van der Waals surface area contributed by atoms with E-state index in [1.54, 1.807) is 12.3 Å². The third-order valence-corrected chi connectivity index (χ3v) is 2.72. The van der Waals surface area contributed by atoms with E-state index in [4.69, 9.17) is 5.73 Å². The monoisotopic (exact) mass is 245 g/mol. The first-order valence-electron chi connectivity index (χ1n) is 5.83. The molecule has 4 heteroatoms. The van der Waals surface area contributed by atoms with Crippen LogP contribution in [0.3, 0.4) is 0 Å². The average Bonchev–Trinajstić information content (AvgIpc) is 2.39. The maximum Gasteiger partial charge on any atom is 0.128 e. The summed E-state index contributed by atoms with van der Waals surface area (Å²) in [5, 5.41) is 3.08. The summed E-state index contributed by atoms with van der Waals surface area (Å²) in [6.07, 6.45) is 1.77. The van der Waals surface area contributed by atoms with Gasteiger partial charge in [-0.1, -0.05) is 18.2 Å². The van der Waals surface area contributed by atoms with E-state index in [1.807, 2.05) is 25.1 Å². The van der Waals surface area contributed by atoms with Crippen LogP contribution in [0.1, 0.15) is 16.7 Å². The van der Waals surface area contributed by atoms with E-state index in [0.717, 1.165) is 16.9 Å². The fourth-order valence-corrected chi connectivity index (χ4v) is 1.62. The van der Waals surface area contributed by atoms with Crippen molar-refractivity contribution in [3.05, 3.63) is 59.0 Å². The zero-order valence-corrected chi connectivity index (χ0v) is 10.3. The number of rotatable bonds is 4. The Labute approximate surface area is 106 Å². The predicted octanol–water partition coefficient (Wildman–Crippen LogP) is 2.60. The van der Waals surface area contributed by atoms with E-state index in [-0.39, 0.29) is 5.82 Å². The highest BCUT2D eigenvalue weighted by molar-refractivity contribution is 5.37. The summed E-state index contributed by atoms with van der Waals surface area (Å²) in [4.78, 5) is 4.20. The summed E-state index contributed by atoms with van der Waals surface area (Å²) in [5.41, 5.74) is 7.95. The van der Waals surface area contributed by atoms with Gasteiger partial charge >= 0.3 is 0 Å². The Hall–Kier alpha value is -1.94. The lowest BCUT2D eigenvalue weighted by Gasteiger charge is -2.08. The van der Waals surface area contributed by atoms with Gasteiger partial charge in [-0.15, -0.1) is 0 Å². The third kappa shape index (κ3) is 3.05. The van der Waals surface area contributed by atoms with Gasteiger partial charge in [-0.3, -0.25) is 0 Å². The standard InChI is InChI=1S/C14H16FN3/c1-10-2-5-14(17-8-10)18-9-12-4-3-11(7-16)6-13(12)15/h2-6,8H,7,9,16H2,1H3,(H,17,18). The van der Waals surface area contributed by atoms with Crippen LogP contribution >= 0.6 is 0 Å². The van der Waals surface area contributed by atoms with Crippen LogP contribution in [0.4, 0.5) is 10.2 Å². The number of hydrogen-bond donors (Lipinski definition) is 2. The van der Waals surface area contributed by atoms with E-state index in [0.29, 0.717) is 18.7 Å². The first-order valence-corrected chi connectivity index (χ1v) is 5.83. The number of aromatic nitrogens is 1. The molecule has 0 unspecified atom stereocenters. The maximum atomic E-state index is 13.7. The number of hydrogen-bond acceptors (Lipinski definition) is 3. The van der Waals surface area contributed by atoms with Crippen LogP contribution < -0.4 is 11.1 Å². The van der Waals surface area contributed by atoms with Gasteiger partial charge in [-0.05, 0) is 30.2 Å². The number of anilines is 1. The highest BCUT2D eigenvalue weighted by Crippen LogP contribution is 2.12. The van der Waals surface area contributed by atoms with Crippen LogP contribution in [0.5, 0.6) is 0 Å². The van der Waals surface area contributed by atoms with Gasteiger partial charge in [0.25, 0.3) is 0 Å². The lowest BCUT2D eigenvalue weighted by molar-refractivity contribution is 0.610. The Kier molecular flexibility index (Phi) is 3.89. The second kappa shape index (κ2) is 5.60. The van der Waals surface area contributed by atoms with Crippen LogP contribution in [0.25, 0.3) is 0 Å². The topological polar surface area (TPSA) is 50.9 Å². The van der Waals surface area contributed by atoms with Crippen molar-refractivity contribution in [1.82, 2.24) is 4.98 Å². The SMILES string of the molecule is Cc1ccc(NCc2ccc(CN)cc2F)nc1. The minimum absolute atomic E-state index is 0.238. The number of nitrogens with two attached hydrogens (primary N) is 1. The lowest BCUT2D eigenvalue weighted by Crippen LogP contribution is -2.05. The van der Waals surface area contributed by atoms with E-state index in [2.05, 4.69) is 10.3 Å². The smallest absolute Gasteiger partial charge is 0.128 e. The van der Waals surface area contributed by atoms with Crippen molar-refractivity contribution in [2.24, 2.45) is 5.73 Å². The molecular formula is C14H16FN3. The number of benzene rings is 1. The van der Waals surface area contributed by atoms with E-state index >= 15 is 0 Å². The molecule has 1 aromatic carbocycles. The fourth-order valence-electron chi connectivity index (χ4n) is 1.62. The molecule has 1 heterocycles. The number of nitrogens with one attached hydrogen (secondary N) is 1. The number of nitrogens with zero attached hydrogens (tertiary/aromatic N) is 1. The first kappa shape index (κ1) is 12.5. The van der Waals surface area contributed by atoms with Crippen LogP contribution in [0.2, 0.25) is 0 Å². The van der Waals surface area contributed by atoms with Gasteiger partial charge in [-0.2, -0.15) is 0 Å². The van der Waals surface area contributed by atoms with Gasteiger partial charge < -0.3 is 11.1 Å². The normalized spacial score (nSPS) is 10.4. The van der Waals surface area contributed by atoms with Gasteiger partial charge in [0.2, 0.25) is 0 Å². The van der Waals surface area contributed by atoms with Crippen LogP contribution in [-0.4, -0.2) is 4.98 Å².